The van der Waals surface area contributed by atoms with Crippen LogP contribution in [0, 0.1) is 114 Å². The van der Waals surface area contributed by atoms with Crippen LogP contribution in [0.4, 0.5) is 80.5 Å². The SMILES string of the molecule is CCc1cc(C#N)c(N=Nc2ccc(N(CC)CCOCCOC)cc2C)s1.O=C=O.[C-]#[N+]c1sc(N=Nc2cc(OC)c(N(CCOC)CCOCCOC)cc2C)c(C#N)c1C.[C-]#[N+]c1sc(N=Nc2ccc(N(CC)CCOCCOC)cc2C)c(C#N)c1C.[C-]#[N+]c1sc(N=Nc2ccc(N(CC)CCOCCOCC[N+](CC)(CC)CC)cc2C)c(C#N)c1C. The van der Waals surface area contributed by atoms with E-state index in [-0.39, 0.29) is 6.15 Å². The molecule has 0 aliphatic rings. The highest BCUT2D eigenvalue weighted by Crippen LogP contribution is 2.46. The Morgan fingerprint density at radius 2 is 0.700 bits per heavy atom. The number of nitrogens with zero attached hydrogens (tertiary/aromatic N) is 20. The van der Waals surface area contributed by atoms with Gasteiger partial charge < -0.3 is 71.5 Å². The zero-order valence-corrected chi connectivity index (χ0v) is 81.8. The number of anilines is 4. The molecule has 0 aliphatic heterocycles. The number of nitriles is 4. The highest BCUT2D eigenvalue weighted by Gasteiger charge is 2.23. The van der Waals surface area contributed by atoms with Crippen LogP contribution in [-0.4, -0.2) is 217 Å². The number of benzene rings is 4. The number of thiophene rings is 4. The minimum absolute atomic E-state index is 0.250. The van der Waals surface area contributed by atoms with Crippen LogP contribution in [0.15, 0.2) is 114 Å². The van der Waals surface area contributed by atoms with Crippen LogP contribution in [0.25, 0.3) is 14.5 Å². The summed E-state index contributed by atoms with van der Waals surface area (Å²) < 4.78 is 55.4. The normalized spacial score (nSPS) is 10.9. The Bertz CT molecular complexity index is 5290. The summed E-state index contributed by atoms with van der Waals surface area (Å²) in [5.41, 5.74) is 14.9. The largest absolute Gasteiger partial charge is 0.495 e. The number of quaternary nitrogens is 1. The molecule has 0 radical (unpaired) electrons. The molecule has 130 heavy (non-hydrogen) atoms. The van der Waals surface area contributed by atoms with Gasteiger partial charge in [0.05, 0.1) is 190 Å². The second-order valence-corrected chi connectivity index (χ2v) is 32.6. The van der Waals surface area contributed by atoms with Crippen molar-refractivity contribution in [3.05, 3.63) is 173 Å². The van der Waals surface area contributed by atoms with Gasteiger partial charge in [-0.1, -0.05) is 6.92 Å². The first-order valence-corrected chi connectivity index (χ1v) is 45.9. The predicted octanol–water partition coefficient (Wildman–Crippen LogP) is 22.8. The lowest BCUT2D eigenvalue weighted by Gasteiger charge is -2.35. The topological polar surface area (TPSA) is 347 Å². The first kappa shape index (κ1) is 111. The number of carbonyl (C=O) groups excluding carboxylic acids is 2. The molecule has 4 aromatic heterocycles. The van der Waals surface area contributed by atoms with E-state index in [2.05, 4.69) is 172 Å². The highest BCUT2D eigenvalue weighted by molar-refractivity contribution is 7.21. The van der Waals surface area contributed by atoms with Crippen LogP contribution >= 0.6 is 45.3 Å². The van der Waals surface area contributed by atoms with Gasteiger partial charge in [0.1, 0.15) is 51.6 Å². The van der Waals surface area contributed by atoms with Crippen molar-refractivity contribution in [2.75, 3.05) is 226 Å². The van der Waals surface area contributed by atoms with E-state index >= 15 is 0 Å². The van der Waals surface area contributed by atoms with Gasteiger partial charge in [0.25, 0.3) is 0 Å². The number of azo groups is 4. The van der Waals surface area contributed by atoms with Crippen LogP contribution in [0.5, 0.6) is 5.75 Å². The number of hydrogen-bond acceptors (Lipinski definition) is 32. The van der Waals surface area contributed by atoms with Crippen molar-refractivity contribution in [3.8, 4) is 30.0 Å². The molecule has 32 nitrogen and oxygen atoms in total. The summed E-state index contributed by atoms with van der Waals surface area (Å²) in [5.74, 6) is 0.646. The van der Waals surface area contributed by atoms with Gasteiger partial charge >= 0.3 is 6.15 Å². The second kappa shape index (κ2) is 62.7. The third-order valence-electron chi connectivity index (χ3n) is 20.8. The number of aryl methyl sites for hydroxylation is 5. The molecule has 0 N–H and O–H groups in total. The van der Waals surface area contributed by atoms with Crippen LogP contribution in [0.3, 0.4) is 0 Å². The van der Waals surface area contributed by atoms with Gasteiger partial charge in [-0.3, -0.25) is 0 Å². The molecule has 0 bridgehead atoms. The molecule has 36 heteroatoms. The molecule has 0 saturated carbocycles. The van der Waals surface area contributed by atoms with E-state index in [9.17, 15) is 21.0 Å². The maximum atomic E-state index is 9.43. The Morgan fingerprint density at radius 1 is 0.377 bits per heavy atom. The fraction of sp³-hybridized carbons (Fsp3) is 0.489. The van der Waals surface area contributed by atoms with E-state index in [0.717, 1.165) is 161 Å². The van der Waals surface area contributed by atoms with Crippen molar-refractivity contribution in [2.45, 2.75) is 103 Å². The lowest BCUT2D eigenvalue weighted by Crippen LogP contribution is -2.49. The molecule has 0 saturated heterocycles. The Hall–Kier alpha value is -11.5. The molecule has 8 rings (SSSR count). The standard InChI is InChI=1S/C28H41N6O2S.C23H29N5O4S.C21H25N5O2S.C21H28N4O2S.CO2/c1-8-33(14-16-35-18-19-36-17-15-34(9-2,10-3)11-4)24-12-13-26(22(5)20-24)31-32-28-25(21-29)23(6)27(30-7)37-28;1-16-13-20(28(7-9-29-4)8-10-32-12-11-30-5)21(31-6)14-19(16)26-27-23-18(15-24)17(2)22(25-3)33-23;1-6-26(9-10-28-12-11-27-5)17-7-8-19(15(2)13-17)24-25-21-18(14-22)16(3)20(23-4)29-21;1-5-19-14-17(15-22)21(28-19)24-23-20-8-7-18(13-16(20)3)25(6-2)9-10-27-12-11-26-4;2-1-3/h12-13,20H,8-11,14-19H2,1-6H3;13-14H,7-12H2,1-2,4-6H3;7-8,13H,6,9-12H2,1-3,5H3;7-8,13-14H,5-6,9-12H2,1-4H3;/q+1;;;;. The molecule has 0 aliphatic carbocycles. The van der Waals surface area contributed by atoms with E-state index in [1.54, 1.807) is 56.3 Å². The van der Waals surface area contributed by atoms with Gasteiger partial charge in [-0.25, -0.2) is 14.5 Å². The second-order valence-electron chi connectivity index (χ2n) is 28.6. The fourth-order valence-corrected chi connectivity index (χ4v) is 16.2. The smallest absolute Gasteiger partial charge is 0.373 e. The van der Waals surface area contributed by atoms with Gasteiger partial charge in [0.15, 0.2) is 5.00 Å². The lowest BCUT2D eigenvalue weighted by molar-refractivity contribution is -0.923. The van der Waals surface area contributed by atoms with Crippen LogP contribution < -0.4 is 24.3 Å². The van der Waals surface area contributed by atoms with Gasteiger partial charge in [-0.15, -0.1) is 86.3 Å². The summed E-state index contributed by atoms with van der Waals surface area (Å²) in [7, 11) is 8.25. The maximum Gasteiger partial charge on any atom is 0.373 e. The van der Waals surface area contributed by atoms with E-state index in [0.29, 0.717) is 184 Å². The quantitative estimate of drug-likeness (QED) is 0.0148. The molecular formula is C94H123N20O12S4+. The zero-order chi connectivity index (χ0) is 95.8. The van der Waals surface area contributed by atoms with Crippen molar-refractivity contribution >= 4 is 132 Å². The third kappa shape index (κ3) is 35.4. The Balaban J connectivity index is 0.000000361. The maximum absolute atomic E-state index is 9.43. The summed E-state index contributed by atoms with van der Waals surface area (Å²) in [5, 5.41) is 75.4. The molecule has 8 aromatic rings. The minimum Gasteiger partial charge on any atom is -0.495 e. The van der Waals surface area contributed by atoms with E-state index < -0.39 is 0 Å². The van der Waals surface area contributed by atoms with Gasteiger partial charge in [-0.05, 0) is 202 Å². The number of rotatable bonds is 50. The number of ether oxygens (including phenoxy) is 10. The summed E-state index contributed by atoms with van der Waals surface area (Å²) in [6, 6.07) is 32.5. The van der Waals surface area contributed by atoms with Crippen molar-refractivity contribution in [1.29, 1.82) is 21.0 Å². The molecule has 4 aromatic carbocycles. The van der Waals surface area contributed by atoms with Crippen LogP contribution in [0.1, 0.15) is 115 Å². The number of methoxy groups -OCH3 is 5. The predicted molar refractivity (Wildman–Crippen MR) is 516 cm³/mol. The molecular weight excluding hydrogens is 1730 g/mol. The molecule has 694 valence electrons. The van der Waals surface area contributed by atoms with E-state index in [1.165, 1.54) is 34.0 Å². The molecule has 0 fully saturated rings. The van der Waals surface area contributed by atoms with Crippen molar-refractivity contribution < 1.29 is 61.4 Å². The summed E-state index contributed by atoms with van der Waals surface area (Å²) in [6.45, 7) is 69.5. The van der Waals surface area contributed by atoms with Crippen LogP contribution in [-0.2, 0) is 58.6 Å². The molecule has 0 spiro atoms. The van der Waals surface area contributed by atoms with Crippen molar-refractivity contribution in [2.24, 2.45) is 40.9 Å². The zero-order valence-electron chi connectivity index (χ0n) is 78.5. The first-order chi connectivity index (χ1) is 63.0. The van der Waals surface area contributed by atoms with E-state index in [4.69, 9.17) is 76.7 Å². The van der Waals surface area contributed by atoms with Crippen molar-refractivity contribution in [1.82, 2.24) is 0 Å². The van der Waals surface area contributed by atoms with Crippen molar-refractivity contribution in [3.63, 3.8) is 0 Å². The average Bonchev–Trinajstić information content (AvgIpc) is 1.61. The third-order valence-corrected chi connectivity index (χ3v) is 25.1. The molecule has 0 atom stereocenters. The number of likely N-dealkylation sites (N-methyl/N-ethyl adjacent to an activating group) is 4. The fourth-order valence-electron chi connectivity index (χ4n) is 12.7. The molecule has 4 heterocycles. The Labute approximate surface area is 783 Å². The van der Waals surface area contributed by atoms with Gasteiger partial charge in [0, 0.05) is 109 Å². The van der Waals surface area contributed by atoms with Gasteiger partial charge in [-0.2, -0.15) is 30.6 Å². The summed E-state index contributed by atoms with van der Waals surface area (Å²) >= 11 is 5.08. The minimum atomic E-state index is 0.250. The monoisotopic (exact) mass is 1850 g/mol. The molecule has 0 amide bonds. The van der Waals surface area contributed by atoms with Gasteiger partial charge in [0.2, 0.25) is 15.0 Å². The van der Waals surface area contributed by atoms with E-state index in [1.807, 2.05) is 76.2 Å². The highest BCUT2D eigenvalue weighted by atomic mass is 32.1. The molecule has 0 unspecified atom stereocenters. The van der Waals surface area contributed by atoms with Crippen LogP contribution in [0.2, 0.25) is 0 Å². The Morgan fingerprint density at radius 3 is 1.01 bits per heavy atom. The summed E-state index contributed by atoms with van der Waals surface area (Å²) in [4.78, 5) is 36.7. The first-order valence-electron chi connectivity index (χ1n) is 42.6. The lowest BCUT2D eigenvalue weighted by atomic mass is 10.1. The average molecular weight is 1850 g/mol. The number of hydrogen-bond donors (Lipinski definition) is 0. The Kier molecular flexibility index (Phi) is 53.4. The summed E-state index contributed by atoms with van der Waals surface area (Å²) in [6.07, 6.45) is 1.14.